The van der Waals surface area contributed by atoms with Gasteiger partial charge in [-0.05, 0) is 38.3 Å². The third-order valence-corrected chi connectivity index (χ3v) is 5.26. The lowest BCUT2D eigenvalue weighted by molar-refractivity contribution is 0.0791. The van der Waals surface area contributed by atoms with Gasteiger partial charge in [0.1, 0.15) is 5.82 Å². The van der Waals surface area contributed by atoms with E-state index in [0.29, 0.717) is 12.5 Å². The van der Waals surface area contributed by atoms with Gasteiger partial charge >= 0.3 is 0 Å². The number of nitrogens with zero attached hydrogens (tertiary/aromatic N) is 2. The Morgan fingerprint density at radius 3 is 2.91 bits per heavy atom. The molecule has 0 spiro atoms. The lowest BCUT2D eigenvalue weighted by Crippen LogP contribution is -2.16. The molecule has 1 aliphatic rings. The molecule has 0 saturated carbocycles. The van der Waals surface area contributed by atoms with Crippen LogP contribution in [0.3, 0.4) is 0 Å². The van der Waals surface area contributed by atoms with Crippen LogP contribution in [0.2, 0.25) is 0 Å². The normalized spacial score (nSPS) is 18.4. The van der Waals surface area contributed by atoms with E-state index in [-0.39, 0.29) is 5.91 Å². The molecule has 5 nitrogen and oxygen atoms in total. The zero-order valence-electron chi connectivity index (χ0n) is 13.2. The maximum Gasteiger partial charge on any atom is 0.266 e. The van der Waals surface area contributed by atoms with E-state index >= 15 is 0 Å². The standard InChI is InChI=1S/C16H21N3O2S/c1-10-7-14(22-11(10)2)16(20)17-15-8-13(18-19(15)3)12-5-4-6-21-9-12/h7-8,12H,4-6,9H2,1-3H3,(H,17,20). The molecule has 0 aromatic carbocycles. The molecule has 1 N–H and O–H groups in total. The highest BCUT2D eigenvalue weighted by Crippen LogP contribution is 2.27. The fraction of sp³-hybridized carbons (Fsp3) is 0.500. The molecule has 2 aromatic heterocycles. The van der Waals surface area contributed by atoms with Gasteiger partial charge in [-0.25, -0.2) is 0 Å². The first-order valence-electron chi connectivity index (χ1n) is 7.54. The third kappa shape index (κ3) is 3.08. The van der Waals surface area contributed by atoms with Crippen molar-refractivity contribution in [2.45, 2.75) is 32.6 Å². The molecule has 0 bridgehead atoms. The van der Waals surface area contributed by atoms with Crippen LogP contribution in [0.5, 0.6) is 0 Å². The minimum Gasteiger partial charge on any atom is -0.381 e. The average molecular weight is 319 g/mol. The van der Waals surface area contributed by atoms with Crippen LogP contribution in [-0.4, -0.2) is 28.9 Å². The number of thiophene rings is 1. The summed E-state index contributed by atoms with van der Waals surface area (Å²) in [6.45, 7) is 5.60. The van der Waals surface area contributed by atoms with E-state index in [1.54, 1.807) is 4.68 Å². The molecule has 0 aliphatic carbocycles. The molecular weight excluding hydrogens is 298 g/mol. The van der Waals surface area contributed by atoms with E-state index in [4.69, 9.17) is 4.74 Å². The van der Waals surface area contributed by atoms with Crippen LogP contribution in [-0.2, 0) is 11.8 Å². The number of carbonyl (C=O) groups excluding carboxylic acids is 1. The predicted octanol–water partition coefficient (Wildman–Crippen LogP) is 3.24. The number of aromatic nitrogens is 2. The zero-order valence-corrected chi connectivity index (χ0v) is 14.0. The molecule has 1 aliphatic heterocycles. The summed E-state index contributed by atoms with van der Waals surface area (Å²) in [5.74, 6) is 0.988. The van der Waals surface area contributed by atoms with Gasteiger partial charge in [0.25, 0.3) is 5.91 Å². The Balaban J connectivity index is 1.74. The summed E-state index contributed by atoms with van der Waals surface area (Å²) in [4.78, 5) is 14.3. The Bertz CT molecular complexity index is 664. The first kappa shape index (κ1) is 15.2. The van der Waals surface area contributed by atoms with E-state index in [1.807, 2.05) is 33.0 Å². The molecule has 2 aromatic rings. The first-order chi connectivity index (χ1) is 10.5. The molecule has 3 rings (SSSR count). The van der Waals surface area contributed by atoms with Crippen molar-refractivity contribution in [3.63, 3.8) is 0 Å². The van der Waals surface area contributed by atoms with Crippen LogP contribution >= 0.6 is 11.3 Å². The fourth-order valence-electron chi connectivity index (χ4n) is 2.64. The summed E-state index contributed by atoms with van der Waals surface area (Å²) in [6, 6.07) is 3.89. The summed E-state index contributed by atoms with van der Waals surface area (Å²) in [7, 11) is 1.85. The second-order valence-electron chi connectivity index (χ2n) is 5.80. The summed E-state index contributed by atoms with van der Waals surface area (Å²) in [5, 5.41) is 7.49. The summed E-state index contributed by atoms with van der Waals surface area (Å²) < 4.78 is 7.25. The fourth-order valence-corrected chi connectivity index (χ4v) is 3.57. The smallest absolute Gasteiger partial charge is 0.266 e. The zero-order chi connectivity index (χ0) is 15.7. The molecule has 1 atom stereocenters. The molecular formula is C16H21N3O2S. The molecule has 1 unspecified atom stereocenters. The largest absolute Gasteiger partial charge is 0.381 e. The van der Waals surface area contributed by atoms with Gasteiger partial charge in [-0.3, -0.25) is 9.48 Å². The lowest BCUT2D eigenvalue weighted by atomic mass is 9.99. The molecule has 1 saturated heterocycles. The van der Waals surface area contributed by atoms with E-state index in [9.17, 15) is 4.79 Å². The number of hydrogen-bond acceptors (Lipinski definition) is 4. The van der Waals surface area contributed by atoms with Crippen LogP contribution in [0, 0.1) is 13.8 Å². The van der Waals surface area contributed by atoms with Crippen LogP contribution in [0.15, 0.2) is 12.1 Å². The molecule has 6 heteroatoms. The Morgan fingerprint density at radius 2 is 2.27 bits per heavy atom. The van der Waals surface area contributed by atoms with Gasteiger partial charge in [-0.2, -0.15) is 5.10 Å². The number of anilines is 1. The number of nitrogens with one attached hydrogen (secondary N) is 1. The van der Waals surface area contributed by atoms with Gasteiger partial charge in [-0.15, -0.1) is 11.3 Å². The third-order valence-electron chi connectivity index (χ3n) is 4.11. The van der Waals surface area contributed by atoms with E-state index < -0.39 is 0 Å². The molecule has 1 amide bonds. The minimum absolute atomic E-state index is 0.0735. The van der Waals surface area contributed by atoms with E-state index in [0.717, 1.165) is 41.4 Å². The Hall–Kier alpha value is -1.66. The van der Waals surface area contributed by atoms with Gasteiger partial charge in [-0.1, -0.05) is 0 Å². The summed E-state index contributed by atoms with van der Waals surface area (Å²) in [5.41, 5.74) is 2.15. The second kappa shape index (κ2) is 6.22. The van der Waals surface area contributed by atoms with Gasteiger partial charge in [0, 0.05) is 30.5 Å². The highest BCUT2D eigenvalue weighted by atomic mass is 32.1. The Morgan fingerprint density at radius 1 is 1.45 bits per heavy atom. The topological polar surface area (TPSA) is 56.1 Å². The van der Waals surface area contributed by atoms with Crippen molar-refractivity contribution in [2.24, 2.45) is 7.05 Å². The molecule has 22 heavy (non-hydrogen) atoms. The van der Waals surface area contributed by atoms with Crippen molar-refractivity contribution >= 4 is 23.1 Å². The number of hydrogen-bond donors (Lipinski definition) is 1. The SMILES string of the molecule is Cc1cc(C(=O)Nc2cc(C3CCCOC3)nn2C)sc1C. The molecule has 0 radical (unpaired) electrons. The minimum atomic E-state index is -0.0735. The first-order valence-corrected chi connectivity index (χ1v) is 8.36. The maximum absolute atomic E-state index is 12.4. The van der Waals surface area contributed by atoms with Crippen molar-refractivity contribution in [3.05, 3.63) is 33.1 Å². The van der Waals surface area contributed by atoms with Crippen molar-refractivity contribution < 1.29 is 9.53 Å². The maximum atomic E-state index is 12.4. The van der Waals surface area contributed by atoms with Gasteiger partial charge in [0.2, 0.25) is 0 Å². The molecule has 118 valence electrons. The number of carbonyl (C=O) groups is 1. The van der Waals surface area contributed by atoms with Crippen molar-refractivity contribution in [1.29, 1.82) is 0 Å². The number of amides is 1. The highest BCUT2D eigenvalue weighted by Gasteiger charge is 2.21. The number of aryl methyl sites for hydroxylation is 3. The monoisotopic (exact) mass is 319 g/mol. The number of rotatable bonds is 3. The molecule has 3 heterocycles. The highest BCUT2D eigenvalue weighted by molar-refractivity contribution is 7.14. The van der Waals surface area contributed by atoms with Crippen molar-refractivity contribution in [2.75, 3.05) is 18.5 Å². The van der Waals surface area contributed by atoms with E-state index in [2.05, 4.69) is 10.4 Å². The van der Waals surface area contributed by atoms with Gasteiger partial charge in [0.05, 0.1) is 17.2 Å². The summed E-state index contributed by atoms with van der Waals surface area (Å²) >= 11 is 1.52. The summed E-state index contributed by atoms with van der Waals surface area (Å²) in [6.07, 6.45) is 2.16. The predicted molar refractivity (Wildman–Crippen MR) is 87.7 cm³/mol. The van der Waals surface area contributed by atoms with E-state index in [1.165, 1.54) is 16.2 Å². The van der Waals surface area contributed by atoms with Crippen LogP contribution in [0.1, 0.15) is 44.6 Å². The molecule has 1 fully saturated rings. The number of ether oxygens (including phenoxy) is 1. The Labute approximate surface area is 134 Å². The van der Waals surface area contributed by atoms with Gasteiger partial charge < -0.3 is 10.1 Å². The second-order valence-corrected chi connectivity index (χ2v) is 7.05. The Kier molecular flexibility index (Phi) is 4.31. The quantitative estimate of drug-likeness (QED) is 0.945. The average Bonchev–Trinajstić information content (AvgIpc) is 3.04. The van der Waals surface area contributed by atoms with Crippen LogP contribution in [0.4, 0.5) is 5.82 Å². The van der Waals surface area contributed by atoms with Crippen LogP contribution in [0.25, 0.3) is 0 Å². The van der Waals surface area contributed by atoms with Crippen molar-refractivity contribution in [1.82, 2.24) is 9.78 Å². The van der Waals surface area contributed by atoms with Gasteiger partial charge in [0.15, 0.2) is 0 Å². The van der Waals surface area contributed by atoms with Crippen molar-refractivity contribution in [3.8, 4) is 0 Å². The lowest BCUT2D eigenvalue weighted by Gasteiger charge is -2.19. The van der Waals surface area contributed by atoms with Crippen LogP contribution < -0.4 is 5.32 Å².